The first-order valence-corrected chi connectivity index (χ1v) is 6.28. The molecule has 0 radical (unpaired) electrons. The summed E-state index contributed by atoms with van der Waals surface area (Å²) < 4.78 is 5.55. The number of oxime groups is 1. The Labute approximate surface area is 98.9 Å². The third-order valence-electron chi connectivity index (χ3n) is 2.53. The predicted octanol–water partition coefficient (Wildman–Crippen LogP) is 2.89. The van der Waals surface area contributed by atoms with Gasteiger partial charge in [-0.2, -0.15) is 0 Å². The van der Waals surface area contributed by atoms with Crippen LogP contribution in [-0.4, -0.2) is 23.8 Å². The molecule has 1 atom stereocenters. The van der Waals surface area contributed by atoms with Gasteiger partial charge in [0.1, 0.15) is 5.84 Å². The van der Waals surface area contributed by atoms with Crippen molar-refractivity contribution >= 4 is 5.84 Å². The topological polar surface area (TPSA) is 67.8 Å². The lowest BCUT2D eigenvalue weighted by atomic mass is 10.1. The fourth-order valence-corrected chi connectivity index (χ4v) is 1.56. The van der Waals surface area contributed by atoms with Gasteiger partial charge in [-0.15, -0.1) is 0 Å². The molecule has 0 amide bonds. The molecule has 0 aliphatic heterocycles. The summed E-state index contributed by atoms with van der Waals surface area (Å²) in [6.07, 6.45) is 8.11. The molecular weight excluding hydrogens is 204 g/mol. The lowest BCUT2D eigenvalue weighted by Crippen LogP contribution is -2.21. The van der Waals surface area contributed by atoms with Crippen LogP contribution in [0.25, 0.3) is 0 Å². The summed E-state index contributed by atoms with van der Waals surface area (Å²) in [5.74, 6) is 0.232. The van der Waals surface area contributed by atoms with Gasteiger partial charge in [0.25, 0.3) is 0 Å². The molecular formula is C12H26N2O2. The summed E-state index contributed by atoms with van der Waals surface area (Å²) in [5.41, 5.74) is 5.38. The lowest BCUT2D eigenvalue weighted by Gasteiger charge is -2.11. The second-order valence-electron chi connectivity index (χ2n) is 4.24. The van der Waals surface area contributed by atoms with Gasteiger partial charge in [0.05, 0.1) is 6.10 Å². The molecule has 0 fully saturated rings. The van der Waals surface area contributed by atoms with Crippen molar-refractivity contribution in [2.75, 3.05) is 6.61 Å². The normalized spacial score (nSPS) is 14.0. The van der Waals surface area contributed by atoms with Crippen LogP contribution in [-0.2, 0) is 4.74 Å². The number of nitrogens with zero attached hydrogens (tertiary/aromatic N) is 1. The maximum Gasteiger partial charge on any atom is 0.141 e. The number of amidine groups is 1. The van der Waals surface area contributed by atoms with Crippen LogP contribution in [0.4, 0.5) is 0 Å². The van der Waals surface area contributed by atoms with Gasteiger partial charge in [0, 0.05) is 13.0 Å². The van der Waals surface area contributed by atoms with Crippen molar-refractivity contribution in [2.24, 2.45) is 10.9 Å². The summed E-state index contributed by atoms with van der Waals surface area (Å²) in [6.45, 7) is 4.93. The van der Waals surface area contributed by atoms with Crippen molar-refractivity contribution in [2.45, 2.75) is 64.9 Å². The smallest absolute Gasteiger partial charge is 0.141 e. The molecule has 1 unspecified atom stereocenters. The van der Waals surface area contributed by atoms with E-state index in [0.717, 1.165) is 13.0 Å². The average Bonchev–Trinajstić information content (AvgIpc) is 2.27. The number of nitrogens with two attached hydrogens (primary N) is 1. The summed E-state index contributed by atoms with van der Waals surface area (Å²) in [6, 6.07) is 0. The first-order valence-electron chi connectivity index (χ1n) is 6.28. The molecule has 0 aromatic carbocycles. The second-order valence-corrected chi connectivity index (χ2v) is 4.24. The highest BCUT2D eigenvalue weighted by atomic mass is 16.5. The van der Waals surface area contributed by atoms with Crippen LogP contribution < -0.4 is 5.73 Å². The molecule has 96 valence electrons. The molecule has 0 heterocycles. The maximum absolute atomic E-state index is 8.38. The Balaban J connectivity index is 3.24. The van der Waals surface area contributed by atoms with Crippen molar-refractivity contribution in [1.29, 1.82) is 0 Å². The van der Waals surface area contributed by atoms with E-state index in [1.165, 1.54) is 32.1 Å². The van der Waals surface area contributed by atoms with Crippen LogP contribution in [0.15, 0.2) is 5.16 Å². The Morgan fingerprint density at radius 1 is 1.25 bits per heavy atom. The van der Waals surface area contributed by atoms with Crippen molar-refractivity contribution < 1.29 is 9.94 Å². The van der Waals surface area contributed by atoms with E-state index < -0.39 is 0 Å². The fraction of sp³-hybridized carbons (Fsp3) is 0.917. The van der Waals surface area contributed by atoms with E-state index >= 15 is 0 Å². The third-order valence-corrected chi connectivity index (χ3v) is 2.53. The molecule has 0 spiro atoms. The fourth-order valence-electron chi connectivity index (χ4n) is 1.56. The van der Waals surface area contributed by atoms with E-state index in [1.54, 1.807) is 0 Å². The van der Waals surface area contributed by atoms with E-state index in [1.807, 2.05) is 6.92 Å². The minimum Gasteiger partial charge on any atom is -0.409 e. The number of rotatable bonds is 10. The molecule has 0 aromatic rings. The Morgan fingerprint density at radius 3 is 2.50 bits per heavy atom. The average molecular weight is 230 g/mol. The molecule has 4 nitrogen and oxygen atoms in total. The number of unbranched alkanes of at least 4 members (excludes halogenated alkanes) is 5. The highest BCUT2D eigenvalue weighted by Crippen LogP contribution is 2.06. The summed E-state index contributed by atoms with van der Waals surface area (Å²) >= 11 is 0. The SMILES string of the molecule is CCCCCCCCOC(C)CC(N)=NO. The standard InChI is InChI=1S/C12H26N2O2/c1-3-4-5-6-7-8-9-16-11(2)10-12(13)14-15/h11,15H,3-10H2,1-2H3,(H2,13,14). The molecule has 0 aliphatic rings. The molecule has 16 heavy (non-hydrogen) atoms. The molecule has 0 saturated carbocycles. The van der Waals surface area contributed by atoms with Crippen LogP contribution in [0, 0.1) is 0 Å². The Bertz CT molecular complexity index is 184. The zero-order valence-electron chi connectivity index (χ0n) is 10.6. The van der Waals surface area contributed by atoms with Gasteiger partial charge in [0.2, 0.25) is 0 Å². The molecule has 0 bridgehead atoms. The van der Waals surface area contributed by atoms with Gasteiger partial charge >= 0.3 is 0 Å². The molecule has 0 aliphatic carbocycles. The minimum absolute atomic E-state index is 0.0338. The van der Waals surface area contributed by atoms with Crippen molar-refractivity contribution in [3.8, 4) is 0 Å². The van der Waals surface area contributed by atoms with Gasteiger partial charge in [-0.3, -0.25) is 0 Å². The van der Waals surface area contributed by atoms with E-state index in [0.29, 0.717) is 6.42 Å². The van der Waals surface area contributed by atoms with Gasteiger partial charge in [0.15, 0.2) is 0 Å². The van der Waals surface area contributed by atoms with Gasteiger partial charge in [-0.25, -0.2) is 0 Å². The maximum atomic E-state index is 8.38. The molecule has 0 saturated heterocycles. The van der Waals surface area contributed by atoms with Crippen LogP contribution in [0.1, 0.15) is 58.8 Å². The highest BCUT2D eigenvalue weighted by Gasteiger charge is 2.04. The van der Waals surface area contributed by atoms with Gasteiger partial charge < -0.3 is 15.7 Å². The van der Waals surface area contributed by atoms with Gasteiger partial charge in [-0.1, -0.05) is 44.2 Å². The zero-order valence-corrected chi connectivity index (χ0v) is 10.6. The Kier molecular flexibility index (Phi) is 10.2. The minimum atomic E-state index is 0.0338. The quantitative estimate of drug-likeness (QED) is 0.199. The second kappa shape index (κ2) is 10.7. The first-order chi connectivity index (χ1) is 7.70. The molecule has 0 rings (SSSR count). The molecule has 4 heteroatoms. The van der Waals surface area contributed by atoms with E-state index in [2.05, 4.69) is 12.1 Å². The number of hydrogen-bond acceptors (Lipinski definition) is 3. The van der Waals surface area contributed by atoms with Crippen LogP contribution >= 0.6 is 0 Å². The van der Waals surface area contributed by atoms with Crippen molar-refractivity contribution in [1.82, 2.24) is 0 Å². The van der Waals surface area contributed by atoms with E-state index in [4.69, 9.17) is 15.7 Å². The predicted molar refractivity (Wildman–Crippen MR) is 66.8 cm³/mol. The summed E-state index contributed by atoms with van der Waals surface area (Å²) in [5, 5.41) is 11.3. The van der Waals surface area contributed by atoms with Crippen LogP contribution in [0.5, 0.6) is 0 Å². The Morgan fingerprint density at radius 2 is 1.88 bits per heavy atom. The first kappa shape index (κ1) is 15.2. The lowest BCUT2D eigenvalue weighted by molar-refractivity contribution is 0.0673. The Hall–Kier alpha value is -0.770. The van der Waals surface area contributed by atoms with Crippen LogP contribution in [0.3, 0.4) is 0 Å². The number of ether oxygens (including phenoxy) is 1. The highest BCUT2D eigenvalue weighted by molar-refractivity contribution is 5.79. The van der Waals surface area contributed by atoms with Gasteiger partial charge in [-0.05, 0) is 13.3 Å². The third kappa shape index (κ3) is 9.77. The van der Waals surface area contributed by atoms with Crippen molar-refractivity contribution in [3.05, 3.63) is 0 Å². The van der Waals surface area contributed by atoms with E-state index in [9.17, 15) is 0 Å². The zero-order chi connectivity index (χ0) is 12.2. The summed E-state index contributed by atoms with van der Waals surface area (Å²) in [4.78, 5) is 0. The summed E-state index contributed by atoms with van der Waals surface area (Å²) in [7, 11) is 0. The van der Waals surface area contributed by atoms with Crippen LogP contribution in [0.2, 0.25) is 0 Å². The number of hydrogen-bond donors (Lipinski definition) is 2. The van der Waals surface area contributed by atoms with Crippen molar-refractivity contribution in [3.63, 3.8) is 0 Å². The monoisotopic (exact) mass is 230 g/mol. The molecule has 3 N–H and O–H groups in total. The molecule has 0 aromatic heterocycles. The van der Waals surface area contributed by atoms with E-state index in [-0.39, 0.29) is 11.9 Å². The largest absolute Gasteiger partial charge is 0.409 e.